The number of aromatic nitrogens is 1. The van der Waals surface area contributed by atoms with E-state index >= 15 is 0 Å². The van der Waals surface area contributed by atoms with Crippen molar-refractivity contribution < 1.29 is 14.3 Å². The molecule has 1 amide bonds. The first-order chi connectivity index (χ1) is 14.1. The minimum absolute atomic E-state index is 0.0138. The number of hydrogen-bond acceptors (Lipinski definition) is 6. The number of methoxy groups -OCH3 is 1. The zero-order valence-corrected chi connectivity index (χ0v) is 18.3. The van der Waals surface area contributed by atoms with E-state index in [2.05, 4.69) is 27.3 Å². The van der Waals surface area contributed by atoms with Crippen LogP contribution in [0.25, 0.3) is 0 Å². The van der Waals surface area contributed by atoms with Gasteiger partial charge in [0.2, 0.25) is 5.91 Å². The van der Waals surface area contributed by atoms with E-state index in [9.17, 15) is 4.79 Å². The summed E-state index contributed by atoms with van der Waals surface area (Å²) < 4.78 is 11.1. The van der Waals surface area contributed by atoms with Crippen molar-refractivity contribution >= 4 is 17.2 Å². The lowest BCUT2D eigenvalue weighted by Gasteiger charge is -2.36. The van der Waals surface area contributed by atoms with E-state index in [1.807, 2.05) is 31.5 Å². The van der Waals surface area contributed by atoms with E-state index in [-0.39, 0.29) is 11.9 Å². The summed E-state index contributed by atoms with van der Waals surface area (Å²) in [5, 5.41) is 6.19. The predicted molar refractivity (Wildman–Crippen MR) is 115 cm³/mol. The summed E-state index contributed by atoms with van der Waals surface area (Å²) in [4.78, 5) is 19.1. The Balaban J connectivity index is 1.70. The Hall–Kier alpha value is -2.12. The maximum atomic E-state index is 12.1. The van der Waals surface area contributed by atoms with Gasteiger partial charge in [0.25, 0.3) is 0 Å². The molecular weight excluding hydrogens is 386 g/mol. The molecule has 0 bridgehead atoms. The van der Waals surface area contributed by atoms with Crippen LogP contribution in [0.3, 0.4) is 0 Å². The average Bonchev–Trinajstić information content (AvgIpc) is 3.27. The van der Waals surface area contributed by atoms with Gasteiger partial charge >= 0.3 is 0 Å². The highest BCUT2D eigenvalue weighted by molar-refractivity contribution is 7.09. The van der Waals surface area contributed by atoms with Crippen molar-refractivity contribution in [3.63, 3.8) is 0 Å². The number of ether oxygens (including phenoxy) is 2. The molecular formula is C22H31N3O3S. The Morgan fingerprint density at radius 3 is 2.93 bits per heavy atom. The highest BCUT2D eigenvalue weighted by atomic mass is 32.1. The third kappa shape index (κ3) is 5.70. The molecule has 1 aliphatic heterocycles. The molecule has 1 aromatic carbocycles. The number of piperidine rings is 1. The number of amides is 1. The van der Waals surface area contributed by atoms with E-state index < -0.39 is 0 Å². The molecule has 1 saturated heterocycles. The van der Waals surface area contributed by atoms with Crippen LogP contribution in [0, 0.1) is 5.92 Å². The van der Waals surface area contributed by atoms with E-state index in [0.29, 0.717) is 18.9 Å². The predicted octanol–water partition coefficient (Wildman–Crippen LogP) is 4.03. The van der Waals surface area contributed by atoms with E-state index in [4.69, 9.17) is 9.47 Å². The van der Waals surface area contributed by atoms with Gasteiger partial charge < -0.3 is 14.8 Å². The van der Waals surface area contributed by atoms with E-state index in [0.717, 1.165) is 49.0 Å². The molecule has 0 aliphatic carbocycles. The number of thiazole rings is 1. The zero-order valence-electron chi connectivity index (χ0n) is 17.5. The van der Waals surface area contributed by atoms with Gasteiger partial charge in [-0.3, -0.25) is 9.69 Å². The molecule has 29 heavy (non-hydrogen) atoms. The molecule has 1 aliphatic rings. The molecule has 3 rings (SSSR count). The first kappa shape index (κ1) is 21.6. The van der Waals surface area contributed by atoms with Gasteiger partial charge in [-0.05, 0) is 49.9 Å². The van der Waals surface area contributed by atoms with Crippen LogP contribution in [0.2, 0.25) is 0 Å². The molecule has 1 N–H and O–H groups in total. The fraction of sp³-hybridized carbons (Fsp3) is 0.545. The van der Waals surface area contributed by atoms with Gasteiger partial charge in [-0.25, -0.2) is 4.98 Å². The summed E-state index contributed by atoms with van der Waals surface area (Å²) in [6.45, 7) is 7.32. The number of hydrogen-bond donors (Lipinski definition) is 1. The highest BCUT2D eigenvalue weighted by Crippen LogP contribution is 2.33. The molecule has 0 radical (unpaired) electrons. The van der Waals surface area contributed by atoms with Crippen LogP contribution in [0.1, 0.15) is 49.7 Å². The summed E-state index contributed by atoms with van der Waals surface area (Å²) in [5.74, 6) is 1.99. The Labute approximate surface area is 177 Å². The van der Waals surface area contributed by atoms with Crippen LogP contribution in [0.4, 0.5) is 0 Å². The molecule has 158 valence electrons. The van der Waals surface area contributed by atoms with Crippen LogP contribution in [-0.4, -0.2) is 42.6 Å². The lowest BCUT2D eigenvalue weighted by Crippen LogP contribution is -2.42. The quantitative estimate of drug-likeness (QED) is 0.667. The summed E-state index contributed by atoms with van der Waals surface area (Å²) in [6.07, 6.45) is 4.52. The minimum Gasteiger partial charge on any atom is -0.493 e. The first-order valence-electron chi connectivity index (χ1n) is 10.3. The molecule has 0 unspecified atom stereocenters. The van der Waals surface area contributed by atoms with Gasteiger partial charge in [0.05, 0.1) is 19.8 Å². The van der Waals surface area contributed by atoms with Gasteiger partial charge in [-0.1, -0.05) is 13.0 Å². The van der Waals surface area contributed by atoms with Gasteiger partial charge in [-0.2, -0.15) is 0 Å². The van der Waals surface area contributed by atoms with Gasteiger partial charge in [0.15, 0.2) is 11.5 Å². The van der Waals surface area contributed by atoms with Crippen molar-refractivity contribution in [3.8, 4) is 11.5 Å². The van der Waals surface area contributed by atoms with Crippen LogP contribution in [0.5, 0.6) is 11.5 Å². The average molecular weight is 418 g/mol. The van der Waals surface area contributed by atoms with Gasteiger partial charge in [-0.15, -0.1) is 11.3 Å². The lowest BCUT2D eigenvalue weighted by atomic mass is 9.90. The molecule has 7 heteroatoms. The van der Waals surface area contributed by atoms with Crippen LogP contribution in [0.15, 0.2) is 29.8 Å². The zero-order chi connectivity index (χ0) is 20.6. The smallest absolute Gasteiger partial charge is 0.220 e. The Morgan fingerprint density at radius 1 is 1.38 bits per heavy atom. The highest BCUT2D eigenvalue weighted by Gasteiger charge is 2.31. The normalized spacial score (nSPS) is 18.2. The van der Waals surface area contributed by atoms with Crippen molar-refractivity contribution in [2.24, 2.45) is 5.92 Å². The first-order valence-corrected chi connectivity index (χ1v) is 11.2. The molecule has 6 nitrogen and oxygen atoms in total. The SMILES string of the molecule is CCOc1ccc(CN2CCC[C@H]([C@H](NC(=O)CC)c3nccs3)C2)cc1OC. The number of carbonyl (C=O) groups is 1. The third-order valence-corrected chi connectivity index (χ3v) is 6.16. The van der Waals surface area contributed by atoms with Crippen molar-refractivity contribution in [3.05, 3.63) is 40.3 Å². The number of nitrogens with one attached hydrogen (secondary N) is 1. The summed E-state index contributed by atoms with van der Waals surface area (Å²) >= 11 is 1.62. The molecule has 0 spiro atoms. The Kier molecular flexibility index (Phi) is 7.89. The number of benzene rings is 1. The molecule has 1 aromatic heterocycles. The number of nitrogens with zero attached hydrogens (tertiary/aromatic N) is 2. The molecule has 2 atom stereocenters. The fourth-order valence-corrected chi connectivity index (χ4v) is 4.68. The van der Waals surface area contributed by atoms with Crippen LogP contribution >= 0.6 is 11.3 Å². The largest absolute Gasteiger partial charge is 0.493 e. The Bertz CT molecular complexity index is 782. The fourth-order valence-electron chi connectivity index (χ4n) is 3.90. The second-order valence-corrected chi connectivity index (χ2v) is 8.25. The topological polar surface area (TPSA) is 63.7 Å². The Morgan fingerprint density at radius 2 is 2.24 bits per heavy atom. The number of carbonyl (C=O) groups excluding carboxylic acids is 1. The monoisotopic (exact) mass is 417 g/mol. The molecule has 2 aromatic rings. The van der Waals surface area contributed by atoms with Gasteiger partial charge in [0, 0.05) is 31.1 Å². The molecule has 2 heterocycles. The maximum absolute atomic E-state index is 12.1. The number of rotatable bonds is 9. The summed E-state index contributed by atoms with van der Waals surface area (Å²) in [5.41, 5.74) is 1.20. The summed E-state index contributed by atoms with van der Waals surface area (Å²) in [6, 6.07) is 6.14. The van der Waals surface area contributed by atoms with E-state index in [1.165, 1.54) is 5.56 Å². The van der Waals surface area contributed by atoms with E-state index in [1.54, 1.807) is 18.4 Å². The van der Waals surface area contributed by atoms with Crippen molar-refractivity contribution in [1.29, 1.82) is 0 Å². The van der Waals surface area contributed by atoms with Crippen molar-refractivity contribution in [2.45, 2.75) is 45.7 Å². The lowest BCUT2D eigenvalue weighted by molar-refractivity contribution is -0.122. The summed E-state index contributed by atoms with van der Waals surface area (Å²) in [7, 11) is 1.67. The second-order valence-electron chi connectivity index (χ2n) is 7.32. The molecule has 0 saturated carbocycles. The van der Waals surface area contributed by atoms with Crippen LogP contribution in [-0.2, 0) is 11.3 Å². The second kappa shape index (κ2) is 10.6. The standard InChI is InChI=1S/C22H31N3O3S/c1-4-20(26)24-21(22-23-10-12-29-22)17-7-6-11-25(15-17)14-16-8-9-18(28-5-2)19(13-16)27-3/h8-10,12-13,17,21H,4-7,11,14-15H2,1-3H3,(H,24,26)/t17-,21-/m0/s1. The maximum Gasteiger partial charge on any atom is 0.220 e. The molecule has 1 fully saturated rings. The van der Waals surface area contributed by atoms with Crippen molar-refractivity contribution in [1.82, 2.24) is 15.2 Å². The third-order valence-electron chi connectivity index (χ3n) is 5.30. The van der Waals surface area contributed by atoms with Gasteiger partial charge in [0.1, 0.15) is 5.01 Å². The van der Waals surface area contributed by atoms with Crippen molar-refractivity contribution in [2.75, 3.05) is 26.8 Å². The minimum atomic E-state index is -0.0138. The van der Waals surface area contributed by atoms with Crippen LogP contribution < -0.4 is 14.8 Å². The number of likely N-dealkylation sites (tertiary alicyclic amines) is 1.